The summed E-state index contributed by atoms with van der Waals surface area (Å²) in [7, 11) is 0. The molecule has 1 N–H and O–H groups in total. The standard InChI is InChI=1S/C30H29NO.C13H24O2.Ir/c1-18(2)27-17-31-29(23-13-12-21(16-24(23)27)20-8-4-5-9-20)26-15-19(3)14-25-22-10-6-7-11-28(22)32-30(25)26;1-5-10(6-2)12(14)9-13(15)11(7-3)8-4;/h6-7,10-14,16-18,20,29H,4-5,8-9H2,1-3H3;9-11,14H,5-8H2,1-4H3;/q-2;;/b;12-9-;. The Morgan fingerprint density at radius 2 is 1.62 bits per heavy atom. The van der Waals surface area contributed by atoms with Gasteiger partial charge in [-0.1, -0.05) is 120 Å². The molecule has 0 bridgehead atoms. The van der Waals surface area contributed by atoms with Crippen LogP contribution in [0, 0.1) is 30.7 Å². The Kier molecular flexibility index (Phi) is 13.3. The van der Waals surface area contributed by atoms with Crippen molar-refractivity contribution in [1.82, 2.24) is 0 Å². The van der Waals surface area contributed by atoms with Crippen molar-refractivity contribution < 1.29 is 34.4 Å². The molecule has 0 saturated heterocycles. The van der Waals surface area contributed by atoms with E-state index >= 15 is 0 Å². The minimum absolute atomic E-state index is 0. The largest absolute Gasteiger partial charge is 0.682 e. The summed E-state index contributed by atoms with van der Waals surface area (Å²) in [5.74, 6) is 1.69. The molecule has 2 heterocycles. The zero-order chi connectivity index (χ0) is 33.7. The number of rotatable bonds is 10. The summed E-state index contributed by atoms with van der Waals surface area (Å²) >= 11 is 0. The number of carbonyl (C=O) groups excluding carboxylic acids is 1. The number of fused-ring (bicyclic) bond motifs is 4. The second kappa shape index (κ2) is 17.0. The van der Waals surface area contributed by atoms with Gasteiger partial charge in [0.25, 0.3) is 0 Å². The number of allylic oxidation sites excluding steroid dienone is 3. The minimum Gasteiger partial charge on any atom is -0.682 e. The second-order valence-electron chi connectivity index (χ2n) is 13.8. The van der Waals surface area contributed by atoms with E-state index in [-0.39, 0.29) is 49.5 Å². The van der Waals surface area contributed by atoms with Gasteiger partial charge in [0, 0.05) is 49.0 Å². The zero-order valence-electron chi connectivity index (χ0n) is 29.9. The van der Waals surface area contributed by atoms with Crippen LogP contribution in [0.4, 0.5) is 0 Å². The van der Waals surface area contributed by atoms with Gasteiger partial charge in [-0.3, -0.25) is 4.79 Å². The zero-order valence-corrected chi connectivity index (χ0v) is 32.3. The fourth-order valence-corrected chi connectivity index (χ4v) is 7.47. The summed E-state index contributed by atoms with van der Waals surface area (Å²) in [6.07, 6.45) is 12.4. The van der Waals surface area contributed by atoms with Crippen LogP contribution in [0.15, 0.2) is 71.0 Å². The van der Waals surface area contributed by atoms with E-state index in [4.69, 9.17) is 9.73 Å². The molecule has 1 aliphatic carbocycles. The number of carbonyl (C=O) groups is 1. The van der Waals surface area contributed by atoms with E-state index in [9.17, 15) is 9.90 Å². The van der Waals surface area contributed by atoms with Gasteiger partial charge in [-0.15, -0.1) is 5.56 Å². The molecule has 0 amide bonds. The molecule has 5 heteroatoms. The van der Waals surface area contributed by atoms with Crippen molar-refractivity contribution in [3.05, 3.63) is 106 Å². The Hall–Kier alpha value is -3.14. The Labute approximate surface area is 301 Å². The van der Waals surface area contributed by atoms with Gasteiger partial charge in [-0.2, -0.15) is 23.9 Å². The molecule has 0 spiro atoms. The van der Waals surface area contributed by atoms with E-state index in [0.29, 0.717) is 11.8 Å². The van der Waals surface area contributed by atoms with Crippen molar-refractivity contribution in [3.8, 4) is 0 Å². The average molecular weight is 824 g/mol. The van der Waals surface area contributed by atoms with Crippen LogP contribution in [0.5, 0.6) is 0 Å². The first-order valence-corrected chi connectivity index (χ1v) is 18.0. The Morgan fingerprint density at radius 1 is 0.958 bits per heavy atom. The van der Waals surface area contributed by atoms with E-state index in [1.54, 1.807) is 0 Å². The number of hydrogen-bond donors (Lipinski definition) is 1. The molecule has 1 saturated carbocycles. The first-order chi connectivity index (χ1) is 22.7. The minimum atomic E-state index is -0.0897. The molecule has 1 unspecified atom stereocenters. The summed E-state index contributed by atoms with van der Waals surface area (Å²) in [4.78, 5) is 11.7. The SMILES string of the molecule is CCC(CC)C(=O)/C=C(\O)C(CC)CC.Cc1[c-]c(C2[N-]C=C(C(C)C)c3cc(C4CCCC4)ccc32)c2oc3ccccc3c2c1.[Ir]. The van der Waals surface area contributed by atoms with Crippen molar-refractivity contribution in [1.29, 1.82) is 0 Å². The summed E-state index contributed by atoms with van der Waals surface area (Å²) < 4.78 is 6.37. The third-order valence-corrected chi connectivity index (χ3v) is 10.4. The molecule has 1 fully saturated rings. The summed E-state index contributed by atoms with van der Waals surface area (Å²) in [5.41, 5.74) is 9.49. The maximum Gasteiger partial charge on any atom is 0.162 e. The van der Waals surface area contributed by atoms with Crippen LogP contribution in [-0.4, -0.2) is 10.9 Å². The van der Waals surface area contributed by atoms with E-state index in [0.717, 1.165) is 58.7 Å². The van der Waals surface area contributed by atoms with Crippen LogP contribution in [0.3, 0.4) is 0 Å². The number of furan rings is 1. The van der Waals surface area contributed by atoms with E-state index in [2.05, 4.69) is 69.4 Å². The molecule has 6 rings (SSSR count). The van der Waals surface area contributed by atoms with Crippen LogP contribution in [0.25, 0.3) is 32.8 Å². The summed E-state index contributed by atoms with van der Waals surface area (Å²) in [5, 5.41) is 17.2. The molecule has 259 valence electrons. The molecular weight excluding hydrogens is 771 g/mol. The molecule has 48 heavy (non-hydrogen) atoms. The normalized spacial score (nSPS) is 16.5. The van der Waals surface area contributed by atoms with Crippen LogP contribution >= 0.6 is 0 Å². The predicted octanol–water partition coefficient (Wildman–Crippen LogP) is 12.7. The van der Waals surface area contributed by atoms with Crippen molar-refractivity contribution in [3.63, 3.8) is 0 Å². The van der Waals surface area contributed by atoms with Crippen LogP contribution in [0.2, 0.25) is 0 Å². The van der Waals surface area contributed by atoms with Gasteiger partial charge >= 0.3 is 0 Å². The first kappa shape index (κ1) is 37.7. The molecule has 1 atom stereocenters. The second-order valence-corrected chi connectivity index (χ2v) is 13.8. The van der Waals surface area contributed by atoms with Gasteiger partial charge in [0.05, 0.1) is 5.76 Å². The summed E-state index contributed by atoms with van der Waals surface area (Å²) in [6.45, 7) is 14.7. The fraction of sp³-hybridized carbons (Fsp3) is 0.465. The molecular formula is C43H53IrNO3-2. The van der Waals surface area contributed by atoms with E-state index < -0.39 is 0 Å². The van der Waals surface area contributed by atoms with Gasteiger partial charge in [-0.25, -0.2) is 0 Å². The van der Waals surface area contributed by atoms with Crippen molar-refractivity contribution in [2.24, 2.45) is 17.8 Å². The maximum atomic E-state index is 11.7. The molecule has 4 nitrogen and oxygen atoms in total. The third-order valence-electron chi connectivity index (χ3n) is 10.4. The predicted molar refractivity (Wildman–Crippen MR) is 197 cm³/mol. The van der Waals surface area contributed by atoms with Gasteiger partial charge in [0.1, 0.15) is 5.58 Å². The van der Waals surface area contributed by atoms with E-state index in [1.807, 2.05) is 39.8 Å². The quantitative estimate of drug-likeness (QED) is 0.0984. The number of para-hydroxylation sites is 1. The van der Waals surface area contributed by atoms with Gasteiger partial charge in [0.2, 0.25) is 0 Å². The number of hydrogen-bond acceptors (Lipinski definition) is 3. The van der Waals surface area contributed by atoms with Crippen molar-refractivity contribution in [2.75, 3.05) is 0 Å². The monoisotopic (exact) mass is 824 g/mol. The molecule has 1 aliphatic heterocycles. The topological polar surface area (TPSA) is 64.5 Å². The molecule has 3 aromatic carbocycles. The Bertz CT molecular complexity index is 1750. The van der Waals surface area contributed by atoms with Crippen molar-refractivity contribution >= 4 is 33.3 Å². The van der Waals surface area contributed by atoms with Crippen LogP contribution in [0.1, 0.15) is 133 Å². The fourth-order valence-electron chi connectivity index (χ4n) is 7.47. The van der Waals surface area contributed by atoms with Gasteiger partial charge in [0.15, 0.2) is 5.78 Å². The van der Waals surface area contributed by atoms with E-state index in [1.165, 1.54) is 54.0 Å². The molecule has 1 radical (unpaired) electrons. The maximum absolute atomic E-state index is 11.7. The number of ketones is 1. The Balaban J connectivity index is 0.000000279. The molecule has 2 aliphatic rings. The van der Waals surface area contributed by atoms with Crippen LogP contribution < -0.4 is 0 Å². The number of aliphatic hydroxyl groups excluding tert-OH is 1. The average Bonchev–Trinajstić information content (AvgIpc) is 3.74. The van der Waals surface area contributed by atoms with Gasteiger partial charge in [-0.05, 0) is 67.6 Å². The Morgan fingerprint density at radius 3 is 2.27 bits per heavy atom. The molecule has 4 aromatic rings. The molecule has 1 aromatic heterocycles. The number of nitrogens with zero attached hydrogens (tertiary/aromatic N) is 1. The number of aryl methyl sites for hydroxylation is 1. The van der Waals surface area contributed by atoms with Crippen molar-refractivity contribution in [2.45, 2.75) is 112 Å². The number of benzene rings is 3. The summed E-state index contributed by atoms with van der Waals surface area (Å²) in [6, 6.07) is 21.2. The van der Waals surface area contributed by atoms with Gasteiger partial charge < -0.3 is 14.8 Å². The smallest absolute Gasteiger partial charge is 0.162 e. The van der Waals surface area contributed by atoms with Crippen LogP contribution in [-0.2, 0) is 24.9 Å². The number of aliphatic hydroxyl groups is 1. The third kappa shape index (κ3) is 8.00. The first-order valence-electron chi connectivity index (χ1n) is 18.0.